The molecule has 0 spiro atoms. The van der Waals surface area contributed by atoms with Crippen LogP contribution in [0.3, 0.4) is 0 Å². The number of thioether (sulfide) groups is 1. The van der Waals surface area contributed by atoms with E-state index >= 15 is 0 Å². The second kappa shape index (κ2) is 8.83. The summed E-state index contributed by atoms with van der Waals surface area (Å²) in [6.45, 7) is -1.53. The van der Waals surface area contributed by atoms with E-state index < -0.39 is 18.9 Å². The summed E-state index contributed by atoms with van der Waals surface area (Å²) in [5.41, 5.74) is 0.818. The molecule has 3 rings (SSSR count). The Morgan fingerprint density at radius 3 is 2.64 bits per heavy atom. The summed E-state index contributed by atoms with van der Waals surface area (Å²) < 4.78 is 47.3. The molecule has 0 aliphatic carbocycles. The van der Waals surface area contributed by atoms with Gasteiger partial charge in [0.25, 0.3) is 0 Å². The molecule has 7 nitrogen and oxygen atoms in total. The third kappa shape index (κ3) is 5.28. The average Bonchev–Trinajstić information content (AvgIpc) is 3.33. The van der Waals surface area contributed by atoms with Crippen molar-refractivity contribution in [2.24, 2.45) is 0 Å². The fourth-order valence-electron chi connectivity index (χ4n) is 2.23. The molecule has 0 aliphatic heterocycles. The highest BCUT2D eigenvalue weighted by Crippen LogP contribution is 2.27. The first kappa shape index (κ1) is 19.8. The summed E-state index contributed by atoms with van der Waals surface area (Å²) in [5.74, 6) is 1.40. The van der Waals surface area contributed by atoms with E-state index in [4.69, 9.17) is 4.42 Å². The Morgan fingerprint density at radius 2 is 1.96 bits per heavy atom. The summed E-state index contributed by atoms with van der Waals surface area (Å²) in [7, 11) is 0. The SMILES string of the molecule is O=C(NCCSc1nnc(-c2ccco2)n1-c1ccccc1)OCC(F)(F)F. The molecule has 0 aliphatic rings. The summed E-state index contributed by atoms with van der Waals surface area (Å²) in [5, 5.41) is 11.1. The van der Waals surface area contributed by atoms with Gasteiger partial charge in [0.15, 0.2) is 17.5 Å². The minimum atomic E-state index is -4.56. The molecule has 0 bridgehead atoms. The lowest BCUT2D eigenvalue weighted by Crippen LogP contribution is -2.30. The van der Waals surface area contributed by atoms with E-state index in [1.807, 2.05) is 30.3 Å². The molecule has 1 aromatic carbocycles. The largest absolute Gasteiger partial charge is 0.461 e. The molecule has 0 saturated heterocycles. The normalized spacial score (nSPS) is 11.4. The number of furan rings is 1. The number of ether oxygens (including phenoxy) is 1. The minimum Gasteiger partial charge on any atom is -0.461 e. The number of hydrogen-bond acceptors (Lipinski definition) is 6. The van der Waals surface area contributed by atoms with E-state index in [1.54, 1.807) is 16.7 Å². The molecule has 0 saturated carbocycles. The third-order valence-corrected chi connectivity index (χ3v) is 4.29. The highest BCUT2D eigenvalue weighted by molar-refractivity contribution is 7.99. The Balaban J connectivity index is 1.64. The summed E-state index contributed by atoms with van der Waals surface area (Å²) in [6.07, 6.45) is -4.15. The molecule has 3 aromatic rings. The zero-order chi connectivity index (χ0) is 20.0. The zero-order valence-electron chi connectivity index (χ0n) is 14.3. The van der Waals surface area contributed by atoms with Gasteiger partial charge in [-0.25, -0.2) is 4.79 Å². The Labute approximate surface area is 161 Å². The number of para-hydroxylation sites is 1. The number of aromatic nitrogens is 3. The predicted molar refractivity (Wildman–Crippen MR) is 95.2 cm³/mol. The lowest BCUT2D eigenvalue weighted by atomic mass is 10.3. The average molecular weight is 412 g/mol. The van der Waals surface area contributed by atoms with Crippen molar-refractivity contribution >= 4 is 17.9 Å². The molecule has 0 fully saturated rings. The lowest BCUT2D eigenvalue weighted by molar-refractivity contribution is -0.160. The van der Waals surface area contributed by atoms with Crippen LogP contribution in [-0.4, -0.2) is 45.9 Å². The van der Waals surface area contributed by atoms with Crippen LogP contribution in [0.1, 0.15) is 0 Å². The minimum absolute atomic E-state index is 0.0963. The highest BCUT2D eigenvalue weighted by atomic mass is 32.2. The molecular formula is C17H15F3N4O3S. The van der Waals surface area contributed by atoms with E-state index in [0.717, 1.165) is 5.69 Å². The number of nitrogens with one attached hydrogen (secondary N) is 1. The van der Waals surface area contributed by atoms with Crippen molar-refractivity contribution in [3.8, 4) is 17.3 Å². The lowest BCUT2D eigenvalue weighted by Gasteiger charge is -2.10. The second-order valence-electron chi connectivity index (χ2n) is 5.42. The van der Waals surface area contributed by atoms with Crippen molar-refractivity contribution in [3.63, 3.8) is 0 Å². The Bertz CT molecular complexity index is 898. The van der Waals surface area contributed by atoms with Crippen LogP contribution in [0.2, 0.25) is 0 Å². The number of amides is 1. The molecule has 0 atom stereocenters. The topological polar surface area (TPSA) is 82.2 Å². The van der Waals surface area contributed by atoms with Gasteiger partial charge in [-0.3, -0.25) is 4.57 Å². The number of carbonyl (C=O) groups excluding carboxylic acids is 1. The van der Waals surface area contributed by atoms with Crippen molar-refractivity contribution in [1.29, 1.82) is 0 Å². The second-order valence-corrected chi connectivity index (χ2v) is 6.48. The van der Waals surface area contributed by atoms with Crippen LogP contribution < -0.4 is 5.32 Å². The van der Waals surface area contributed by atoms with E-state index in [9.17, 15) is 18.0 Å². The van der Waals surface area contributed by atoms with Gasteiger partial charge in [0.2, 0.25) is 5.82 Å². The van der Waals surface area contributed by atoms with Gasteiger partial charge in [-0.15, -0.1) is 10.2 Å². The Hall–Kier alpha value is -2.95. The molecule has 1 N–H and O–H groups in total. The smallest absolute Gasteiger partial charge is 0.422 e. The van der Waals surface area contributed by atoms with Crippen LogP contribution in [0.15, 0.2) is 58.3 Å². The van der Waals surface area contributed by atoms with Crippen molar-refractivity contribution in [2.45, 2.75) is 11.3 Å². The Kier molecular flexibility index (Phi) is 6.24. The van der Waals surface area contributed by atoms with E-state index in [-0.39, 0.29) is 6.54 Å². The maximum atomic E-state index is 12.0. The summed E-state index contributed by atoms with van der Waals surface area (Å²) >= 11 is 1.28. The van der Waals surface area contributed by atoms with Gasteiger partial charge in [-0.1, -0.05) is 30.0 Å². The number of rotatable bonds is 7. The van der Waals surface area contributed by atoms with Crippen LogP contribution in [0, 0.1) is 0 Å². The van der Waals surface area contributed by atoms with E-state index in [1.165, 1.54) is 18.0 Å². The zero-order valence-corrected chi connectivity index (χ0v) is 15.2. The number of halogens is 3. The predicted octanol–water partition coefficient (Wildman–Crippen LogP) is 3.91. The van der Waals surface area contributed by atoms with Crippen LogP contribution in [0.25, 0.3) is 17.3 Å². The van der Waals surface area contributed by atoms with Crippen LogP contribution in [0.4, 0.5) is 18.0 Å². The van der Waals surface area contributed by atoms with Gasteiger partial charge in [0, 0.05) is 18.0 Å². The fourth-order valence-corrected chi connectivity index (χ4v) is 3.04. The fraction of sp³-hybridized carbons (Fsp3) is 0.235. The molecule has 2 aromatic heterocycles. The van der Waals surface area contributed by atoms with Crippen LogP contribution in [-0.2, 0) is 4.74 Å². The van der Waals surface area contributed by atoms with Crippen LogP contribution >= 0.6 is 11.8 Å². The van der Waals surface area contributed by atoms with Crippen molar-refractivity contribution in [2.75, 3.05) is 18.9 Å². The maximum Gasteiger partial charge on any atom is 0.422 e. The number of benzene rings is 1. The van der Waals surface area contributed by atoms with Crippen molar-refractivity contribution in [3.05, 3.63) is 48.7 Å². The molecule has 28 heavy (non-hydrogen) atoms. The number of hydrogen-bond donors (Lipinski definition) is 1. The Morgan fingerprint density at radius 1 is 1.18 bits per heavy atom. The van der Waals surface area contributed by atoms with Crippen molar-refractivity contribution in [1.82, 2.24) is 20.1 Å². The van der Waals surface area contributed by atoms with Gasteiger partial charge < -0.3 is 14.5 Å². The molecular weight excluding hydrogens is 397 g/mol. The molecule has 2 heterocycles. The first-order chi connectivity index (χ1) is 13.4. The van der Waals surface area contributed by atoms with Gasteiger partial charge in [-0.2, -0.15) is 13.2 Å². The maximum absolute atomic E-state index is 12.0. The molecule has 1 amide bonds. The van der Waals surface area contributed by atoms with Crippen LogP contribution in [0.5, 0.6) is 0 Å². The number of nitrogens with zero attached hydrogens (tertiary/aromatic N) is 3. The number of alkyl carbamates (subject to hydrolysis) is 1. The quantitative estimate of drug-likeness (QED) is 0.468. The molecule has 11 heteroatoms. The summed E-state index contributed by atoms with van der Waals surface area (Å²) in [4.78, 5) is 11.3. The van der Waals surface area contributed by atoms with Gasteiger partial charge in [-0.05, 0) is 24.3 Å². The highest BCUT2D eigenvalue weighted by Gasteiger charge is 2.29. The van der Waals surface area contributed by atoms with Crippen molar-refractivity contribution < 1.29 is 27.1 Å². The van der Waals surface area contributed by atoms with E-state index in [2.05, 4.69) is 20.3 Å². The van der Waals surface area contributed by atoms with Gasteiger partial charge >= 0.3 is 12.3 Å². The third-order valence-electron chi connectivity index (χ3n) is 3.36. The summed E-state index contributed by atoms with van der Waals surface area (Å²) in [6, 6.07) is 12.9. The monoisotopic (exact) mass is 412 g/mol. The van der Waals surface area contributed by atoms with Gasteiger partial charge in [0.1, 0.15) is 0 Å². The number of alkyl halides is 3. The standard InChI is InChI=1S/C17H15F3N4O3S/c18-17(19,20)11-27-16(25)21-8-10-28-15-23-22-14(13-7-4-9-26-13)24(15)12-5-2-1-3-6-12/h1-7,9H,8,10-11H2,(H,21,25). The molecule has 0 unspecified atom stereocenters. The van der Waals surface area contributed by atoms with Gasteiger partial charge in [0.05, 0.1) is 6.26 Å². The molecule has 0 radical (unpaired) electrons. The molecule has 148 valence electrons. The first-order valence-electron chi connectivity index (χ1n) is 8.09. The first-order valence-corrected chi connectivity index (χ1v) is 9.07. The number of carbonyl (C=O) groups is 1. The van der Waals surface area contributed by atoms with E-state index in [0.29, 0.717) is 22.5 Å².